The van der Waals surface area contributed by atoms with Crippen molar-refractivity contribution in [2.24, 2.45) is 5.73 Å². The molecule has 1 heterocycles. The summed E-state index contributed by atoms with van der Waals surface area (Å²) in [5.41, 5.74) is 6.36. The molecule has 0 saturated heterocycles. The molecular weight excluding hydrogens is 292 g/mol. The Balaban J connectivity index is 2.11. The summed E-state index contributed by atoms with van der Waals surface area (Å²) < 4.78 is 0. The van der Waals surface area contributed by atoms with Gasteiger partial charge in [0.1, 0.15) is 0 Å². The first kappa shape index (κ1) is 15.0. The van der Waals surface area contributed by atoms with E-state index in [1.54, 1.807) is 25.1 Å². The van der Waals surface area contributed by atoms with Crippen LogP contribution in [0.2, 0.25) is 5.02 Å². The fourth-order valence-corrected chi connectivity index (χ4v) is 1.83. The van der Waals surface area contributed by atoms with Gasteiger partial charge in [-0.3, -0.25) is 4.79 Å². The normalized spacial score (nSPS) is 11.4. The topological polar surface area (TPSA) is 110 Å². The summed E-state index contributed by atoms with van der Waals surface area (Å²) in [4.78, 5) is 12.1. The van der Waals surface area contributed by atoms with E-state index in [4.69, 9.17) is 17.3 Å². The van der Waals surface area contributed by atoms with Crippen LogP contribution < -0.4 is 11.1 Å². The van der Waals surface area contributed by atoms with Crippen LogP contribution in [0.3, 0.4) is 0 Å². The maximum atomic E-state index is 12.1. The number of tetrazole rings is 1. The van der Waals surface area contributed by atoms with Crippen molar-refractivity contribution in [1.29, 1.82) is 0 Å². The lowest BCUT2D eigenvalue weighted by Gasteiger charge is -2.10. The van der Waals surface area contributed by atoms with Crippen molar-refractivity contribution in [1.82, 2.24) is 25.9 Å². The van der Waals surface area contributed by atoms with E-state index in [0.717, 1.165) is 0 Å². The molecule has 0 bridgehead atoms. The Morgan fingerprint density at radius 2 is 2.38 bits per heavy atom. The van der Waals surface area contributed by atoms with E-state index in [1.807, 2.05) is 0 Å². The average Bonchev–Trinajstić information content (AvgIpc) is 3.00. The molecule has 1 aromatic heterocycles. The van der Waals surface area contributed by atoms with E-state index < -0.39 is 0 Å². The lowest BCUT2D eigenvalue weighted by Crippen LogP contribution is -2.27. The van der Waals surface area contributed by atoms with Crippen molar-refractivity contribution >= 4 is 17.5 Å². The van der Waals surface area contributed by atoms with Gasteiger partial charge in [-0.2, -0.15) is 5.21 Å². The van der Waals surface area contributed by atoms with Crippen LogP contribution in [0.25, 0.3) is 0 Å². The molecule has 0 saturated carbocycles. The summed E-state index contributed by atoms with van der Waals surface area (Å²) in [6, 6.07) is 4.51. The third-order valence-corrected chi connectivity index (χ3v) is 2.97. The number of nitrogens with zero attached hydrogens (tertiary/aromatic N) is 3. The van der Waals surface area contributed by atoms with Gasteiger partial charge in [0.25, 0.3) is 5.91 Å². The van der Waals surface area contributed by atoms with Crippen LogP contribution in [0, 0.1) is 11.8 Å². The zero-order valence-electron chi connectivity index (χ0n) is 11.2. The summed E-state index contributed by atoms with van der Waals surface area (Å²) >= 11 is 6.08. The number of amides is 1. The quantitative estimate of drug-likeness (QED) is 0.721. The van der Waals surface area contributed by atoms with E-state index in [-0.39, 0.29) is 18.5 Å². The maximum absolute atomic E-state index is 12.1. The lowest BCUT2D eigenvalue weighted by molar-refractivity contribution is 0.0938. The number of aromatic amines is 1. The van der Waals surface area contributed by atoms with E-state index in [0.29, 0.717) is 22.0 Å². The lowest BCUT2D eigenvalue weighted by atomic mass is 10.1. The van der Waals surface area contributed by atoms with Crippen molar-refractivity contribution < 1.29 is 4.79 Å². The number of aromatic nitrogens is 4. The molecule has 1 amide bonds. The SMILES string of the molecule is CC(NC(=O)c1ccc(C#CCN)c(Cl)c1)c1nn[nH]n1. The summed E-state index contributed by atoms with van der Waals surface area (Å²) in [7, 11) is 0. The van der Waals surface area contributed by atoms with Gasteiger partial charge in [-0.1, -0.05) is 28.7 Å². The Morgan fingerprint density at radius 3 is 3.00 bits per heavy atom. The second-order valence-electron chi connectivity index (χ2n) is 4.17. The first-order chi connectivity index (χ1) is 10.1. The highest BCUT2D eigenvalue weighted by atomic mass is 35.5. The van der Waals surface area contributed by atoms with Gasteiger partial charge < -0.3 is 11.1 Å². The number of halogens is 1. The van der Waals surface area contributed by atoms with Crippen molar-refractivity contribution in [3.05, 3.63) is 40.2 Å². The Hall–Kier alpha value is -2.43. The van der Waals surface area contributed by atoms with Gasteiger partial charge in [0, 0.05) is 11.1 Å². The summed E-state index contributed by atoms with van der Waals surface area (Å²) in [5.74, 6) is 5.66. The highest BCUT2D eigenvalue weighted by Crippen LogP contribution is 2.17. The minimum atomic E-state index is -0.369. The van der Waals surface area contributed by atoms with Crippen LogP contribution in [-0.2, 0) is 0 Å². The number of carbonyl (C=O) groups excluding carboxylic acids is 1. The first-order valence-corrected chi connectivity index (χ1v) is 6.52. The molecule has 2 rings (SSSR count). The fourth-order valence-electron chi connectivity index (χ4n) is 1.60. The predicted molar refractivity (Wildman–Crippen MR) is 77.4 cm³/mol. The molecular formula is C13H13ClN6O. The number of hydrogen-bond donors (Lipinski definition) is 3. The van der Waals surface area contributed by atoms with Gasteiger partial charge >= 0.3 is 0 Å². The predicted octanol–water partition coefficient (Wildman–Crippen LogP) is 0.654. The molecule has 0 radical (unpaired) electrons. The van der Waals surface area contributed by atoms with Gasteiger partial charge in [-0.15, -0.1) is 10.2 Å². The number of H-pyrrole nitrogens is 1. The van der Waals surface area contributed by atoms with Gasteiger partial charge in [0.05, 0.1) is 17.6 Å². The number of rotatable bonds is 3. The molecule has 0 aliphatic rings. The highest BCUT2D eigenvalue weighted by Gasteiger charge is 2.15. The Bertz CT molecular complexity index is 688. The molecule has 108 valence electrons. The van der Waals surface area contributed by atoms with Crippen molar-refractivity contribution in [2.45, 2.75) is 13.0 Å². The second kappa shape index (κ2) is 6.83. The van der Waals surface area contributed by atoms with E-state index in [1.165, 1.54) is 0 Å². The monoisotopic (exact) mass is 304 g/mol. The van der Waals surface area contributed by atoms with Crippen LogP contribution >= 0.6 is 11.6 Å². The number of benzene rings is 1. The molecule has 0 aliphatic heterocycles. The van der Waals surface area contributed by atoms with Crippen molar-refractivity contribution in [2.75, 3.05) is 6.54 Å². The zero-order chi connectivity index (χ0) is 15.2. The van der Waals surface area contributed by atoms with Gasteiger partial charge in [-0.05, 0) is 25.1 Å². The van der Waals surface area contributed by atoms with Crippen LogP contribution in [0.5, 0.6) is 0 Å². The average molecular weight is 305 g/mol. The highest BCUT2D eigenvalue weighted by molar-refractivity contribution is 6.32. The second-order valence-corrected chi connectivity index (χ2v) is 4.57. The number of hydrogen-bond acceptors (Lipinski definition) is 5. The molecule has 0 spiro atoms. The summed E-state index contributed by atoms with van der Waals surface area (Å²) in [6.45, 7) is 2.01. The maximum Gasteiger partial charge on any atom is 0.251 e. The number of nitrogens with one attached hydrogen (secondary N) is 2. The molecule has 0 fully saturated rings. The number of nitrogens with two attached hydrogens (primary N) is 1. The van der Waals surface area contributed by atoms with Crippen molar-refractivity contribution in [3.63, 3.8) is 0 Å². The van der Waals surface area contributed by atoms with E-state index in [9.17, 15) is 4.79 Å². The van der Waals surface area contributed by atoms with Gasteiger partial charge in [0.2, 0.25) is 0 Å². The molecule has 1 unspecified atom stereocenters. The van der Waals surface area contributed by atoms with Crippen LogP contribution in [0.4, 0.5) is 0 Å². The minimum Gasteiger partial charge on any atom is -0.342 e. The molecule has 2 aromatic rings. The Morgan fingerprint density at radius 1 is 1.57 bits per heavy atom. The van der Waals surface area contributed by atoms with Gasteiger partial charge in [0.15, 0.2) is 5.82 Å². The standard InChI is InChI=1S/C13H13ClN6O/c1-8(12-17-19-20-18-12)16-13(21)10-5-4-9(3-2-6-15)11(14)7-10/h4-5,7-8H,6,15H2,1H3,(H,16,21)(H,17,18,19,20). The first-order valence-electron chi connectivity index (χ1n) is 6.14. The molecule has 21 heavy (non-hydrogen) atoms. The summed E-state index contributed by atoms with van der Waals surface area (Å²) in [5, 5.41) is 16.5. The molecule has 4 N–H and O–H groups in total. The Labute approximate surface area is 126 Å². The van der Waals surface area contributed by atoms with Crippen LogP contribution in [0.1, 0.15) is 34.7 Å². The van der Waals surface area contributed by atoms with E-state index >= 15 is 0 Å². The third-order valence-electron chi connectivity index (χ3n) is 2.65. The fraction of sp³-hybridized carbons (Fsp3) is 0.231. The van der Waals surface area contributed by atoms with Crippen LogP contribution in [0.15, 0.2) is 18.2 Å². The largest absolute Gasteiger partial charge is 0.342 e. The smallest absolute Gasteiger partial charge is 0.251 e. The van der Waals surface area contributed by atoms with Crippen molar-refractivity contribution in [3.8, 4) is 11.8 Å². The third kappa shape index (κ3) is 3.78. The molecule has 1 atom stereocenters. The molecule has 8 heteroatoms. The molecule has 0 aliphatic carbocycles. The van der Waals surface area contributed by atoms with Crippen LogP contribution in [-0.4, -0.2) is 33.1 Å². The van der Waals surface area contributed by atoms with Gasteiger partial charge in [-0.25, -0.2) is 0 Å². The zero-order valence-corrected chi connectivity index (χ0v) is 12.0. The Kier molecular flexibility index (Phi) is 4.87. The van der Waals surface area contributed by atoms with E-state index in [2.05, 4.69) is 37.8 Å². The minimum absolute atomic E-state index is 0.251. The molecule has 7 nitrogen and oxygen atoms in total. The number of carbonyl (C=O) groups is 1. The summed E-state index contributed by atoms with van der Waals surface area (Å²) in [6.07, 6.45) is 0. The molecule has 1 aromatic carbocycles.